The summed E-state index contributed by atoms with van der Waals surface area (Å²) in [5.41, 5.74) is 0.947. The van der Waals surface area contributed by atoms with Crippen LogP contribution < -0.4 is 10.6 Å². The van der Waals surface area contributed by atoms with Gasteiger partial charge in [-0.25, -0.2) is 4.79 Å². The number of nitrogens with one attached hydrogen (secondary N) is 2. The molecular weight excluding hydrogens is 483 g/mol. The summed E-state index contributed by atoms with van der Waals surface area (Å²) in [6.45, 7) is 1.90. The minimum Gasteiger partial charge on any atom is -0.478 e. The summed E-state index contributed by atoms with van der Waals surface area (Å²) in [7, 11) is 0. The van der Waals surface area contributed by atoms with Crippen LogP contribution in [-0.4, -0.2) is 28.1 Å². The maximum atomic E-state index is 12.8. The lowest BCUT2D eigenvalue weighted by molar-refractivity contribution is -0.115. The fraction of sp³-hybridized carbons (Fsp3) is 0.125. The van der Waals surface area contributed by atoms with Gasteiger partial charge in [0, 0.05) is 15.6 Å². The normalized spacial score (nSPS) is 11.5. The van der Waals surface area contributed by atoms with E-state index in [0.717, 1.165) is 4.90 Å². The van der Waals surface area contributed by atoms with Gasteiger partial charge in [-0.1, -0.05) is 48.3 Å². The van der Waals surface area contributed by atoms with Crippen LogP contribution in [0.25, 0.3) is 0 Å². The van der Waals surface area contributed by atoms with Crippen LogP contribution in [0.1, 0.15) is 34.1 Å². The summed E-state index contributed by atoms with van der Waals surface area (Å²) in [5, 5.41) is 15.3. The molecule has 6 nitrogen and oxygen atoms in total. The van der Waals surface area contributed by atoms with Crippen LogP contribution in [0.5, 0.6) is 0 Å². The monoisotopic (exact) mass is 502 g/mol. The SMILES string of the molecule is CCC(Sc1cccc(NC(=O)c2ccccc2C(=O)O)c1)C(=O)Nc1ccc(Cl)cc1Cl. The molecule has 0 aliphatic heterocycles. The lowest BCUT2D eigenvalue weighted by Gasteiger charge is -2.16. The van der Waals surface area contributed by atoms with Crippen molar-refractivity contribution in [3.63, 3.8) is 0 Å². The molecule has 0 spiro atoms. The molecule has 0 heterocycles. The quantitative estimate of drug-likeness (QED) is 0.307. The molecular formula is C24H20Cl2N2O4S. The maximum Gasteiger partial charge on any atom is 0.336 e. The Balaban J connectivity index is 1.71. The van der Waals surface area contributed by atoms with Crippen LogP contribution in [-0.2, 0) is 4.79 Å². The molecule has 0 bridgehead atoms. The zero-order valence-corrected chi connectivity index (χ0v) is 19.8. The molecule has 3 N–H and O–H groups in total. The first-order valence-corrected chi connectivity index (χ1v) is 11.6. The Morgan fingerprint density at radius 1 is 0.939 bits per heavy atom. The van der Waals surface area contributed by atoms with E-state index in [9.17, 15) is 19.5 Å². The molecule has 0 saturated carbocycles. The number of hydrogen-bond acceptors (Lipinski definition) is 4. The number of rotatable bonds is 8. The topological polar surface area (TPSA) is 95.5 Å². The van der Waals surface area contributed by atoms with Crippen LogP contribution in [0.15, 0.2) is 71.6 Å². The molecule has 0 aliphatic carbocycles. The number of aromatic carboxylic acids is 1. The Morgan fingerprint density at radius 2 is 1.67 bits per heavy atom. The Kier molecular flexibility index (Phi) is 8.38. The van der Waals surface area contributed by atoms with E-state index in [2.05, 4.69) is 10.6 Å². The zero-order chi connectivity index (χ0) is 24.0. The summed E-state index contributed by atoms with van der Waals surface area (Å²) in [6.07, 6.45) is 0.560. The van der Waals surface area contributed by atoms with Crippen LogP contribution in [0, 0.1) is 0 Å². The zero-order valence-electron chi connectivity index (χ0n) is 17.5. The van der Waals surface area contributed by atoms with Crippen molar-refractivity contribution in [1.29, 1.82) is 0 Å². The summed E-state index contributed by atoms with van der Waals surface area (Å²) in [6, 6.07) is 17.8. The molecule has 9 heteroatoms. The average molecular weight is 503 g/mol. The van der Waals surface area contributed by atoms with Gasteiger partial charge in [0.05, 0.1) is 27.1 Å². The summed E-state index contributed by atoms with van der Waals surface area (Å²) >= 11 is 13.4. The Labute approximate surface area is 205 Å². The van der Waals surface area contributed by atoms with Gasteiger partial charge in [0.2, 0.25) is 5.91 Å². The van der Waals surface area contributed by atoms with Crippen LogP contribution in [0.3, 0.4) is 0 Å². The molecule has 0 radical (unpaired) electrons. The molecule has 3 aromatic rings. The van der Waals surface area contributed by atoms with Crippen molar-refractivity contribution < 1.29 is 19.5 Å². The first kappa shape index (κ1) is 24.6. The predicted octanol–water partition coefficient (Wildman–Crippen LogP) is 6.45. The predicted molar refractivity (Wildman–Crippen MR) is 133 cm³/mol. The van der Waals surface area contributed by atoms with E-state index >= 15 is 0 Å². The fourth-order valence-electron chi connectivity index (χ4n) is 3.00. The number of benzene rings is 3. The van der Waals surface area contributed by atoms with Gasteiger partial charge < -0.3 is 15.7 Å². The van der Waals surface area contributed by atoms with Gasteiger partial charge in [-0.05, 0) is 55.0 Å². The number of anilines is 2. The van der Waals surface area contributed by atoms with Gasteiger partial charge in [0.1, 0.15) is 0 Å². The minimum absolute atomic E-state index is 0.0636. The molecule has 3 aromatic carbocycles. The van der Waals surface area contributed by atoms with Crippen molar-refractivity contribution in [1.82, 2.24) is 0 Å². The molecule has 33 heavy (non-hydrogen) atoms. The van der Waals surface area contributed by atoms with E-state index in [4.69, 9.17) is 23.2 Å². The van der Waals surface area contributed by atoms with E-state index in [-0.39, 0.29) is 17.0 Å². The second-order valence-corrected chi connectivity index (χ2v) is 9.08. The molecule has 3 rings (SSSR count). The largest absolute Gasteiger partial charge is 0.478 e. The van der Waals surface area contributed by atoms with Gasteiger partial charge in [-0.15, -0.1) is 11.8 Å². The van der Waals surface area contributed by atoms with Crippen LogP contribution in [0.2, 0.25) is 10.0 Å². The van der Waals surface area contributed by atoms with Crippen molar-refractivity contribution in [2.45, 2.75) is 23.5 Å². The molecule has 1 unspecified atom stereocenters. The van der Waals surface area contributed by atoms with Gasteiger partial charge in [0.15, 0.2) is 0 Å². The highest BCUT2D eigenvalue weighted by Crippen LogP contribution is 2.30. The highest BCUT2D eigenvalue weighted by atomic mass is 35.5. The van der Waals surface area contributed by atoms with Gasteiger partial charge >= 0.3 is 5.97 Å². The van der Waals surface area contributed by atoms with Crippen LogP contribution in [0.4, 0.5) is 11.4 Å². The number of carbonyl (C=O) groups is 3. The molecule has 2 amide bonds. The number of amides is 2. The van der Waals surface area contributed by atoms with Gasteiger partial charge in [0.25, 0.3) is 5.91 Å². The Hall–Kier alpha value is -3.00. The standard InChI is InChI=1S/C24H20Cl2N2O4S/c1-2-21(23(30)28-20-11-10-14(25)12-19(20)26)33-16-7-5-6-15(13-16)27-22(29)17-8-3-4-9-18(17)24(31)32/h3-13,21H,2H2,1H3,(H,27,29)(H,28,30)(H,31,32). The molecule has 0 saturated heterocycles. The Bertz CT molecular complexity index is 1200. The van der Waals surface area contributed by atoms with Crippen molar-refractivity contribution in [3.8, 4) is 0 Å². The Morgan fingerprint density at radius 3 is 2.33 bits per heavy atom. The van der Waals surface area contributed by atoms with Crippen molar-refractivity contribution in [2.75, 3.05) is 10.6 Å². The first-order chi connectivity index (χ1) is 15.8. The summed E-state index contributed by atoms with van der Waals surface area (Å²) in [5.74, 6) is -1.92. The van der Waals surface area contributed by atoms with E-state index < -0.39 is 17.1 Å². The number of carbonyl (C=O) groups excluding carboxylic acids is 2. The van der Waals surface area contributed by atoms with Crippen molar-refractivity contribution in [3.05, 3.63) is 87.9 Å². The maximum absolute atomic E-state index is 12.8. The summed E-state index contributed by atoms with van der Waals surface area (Å²) in [4.78, 5) is 37.6. The molecule has 170 valence electrons. The number of hydrogen-bond donors (Lipinski definition) is 3. The first-order valence-electron chi connectivity index (χ1n) is 9.94. The third kappa shape index (κ3) is 6.51. The second kappa shape index (κ2) is 11.2. The number of halogens is 2. The number of carboxylic acids is 1. The van der Waals surface area contributed by atoms with Gasteiger partial charge in [-0.3, -0.25) is 9.59 Å². The highest BCUT2D eigenvalue weighted by molar-refractivity contribution is 8.00. The third-order valence-electron chi connectivity index (χ3n) is 4.62. The highest BCUT2D eigenvalue weighted by Gasteiger charge is 2.20. The average Bonchev–Trinajstić information content (AvgIpc) is 2.79. The smallest absolute Gasteiger partial charge is 0.336 e. The number of carboxylic acid groups (broad SMARTS) is 1. The van der Waals surface area contributed by atoms with Crippen molar-refractivity contribution >= 4 is 64.1 Å². The minimum atomic E-state index is -1.18. The lowest BCUT2D eigenvalue weighted by Crippen LogP contribution is -2.24. The summed E-state index contributed by atoms with van der Waals surface area (Å²) < 4.78 is 0. The van der Waals surface area contributed by atoms with E-state index in [1.807, 2.05) is 13.0 Å². The number of thioether (sulfide) groups is 1. The van der Waals surface area contributed by atoms with E-state index in [0.29, 0.717) is 27.8 Å². The van der Waals surface area contributed by atoms with Gasteiger partial charge in [-0.2, -0.15) is 0 Å². The molecule has 0 aliphatic rings. The van der Waals surface area contributed by atoms with E-state index in [1.54, 1.807) is 48.5 Å². The fourth-order valence-corrected chi connectivity index (χ4v) is 4.47. The molecule has 0 aromatic heterocycles. The van der Waals surface area contributed by atoms with E-state index in [1.165, 1.54) is 23.9 Å². The lowest BCUT2D eigenvalue weighted by atomic mass is 10.1. The van der Waals surface area contributed by atoms with Crippen LogP contribution >= 0.6 is 35.0 Å². The third-order valence-corrected chi connectivity index (χ3v) is 6.53. The van der Waals surface area contributed by atoms with Crippen molar-refractivity contribution in [2.24, 2.45) is 0 Å². The molecule has 0 fully saturated rings. The molecule has 1 atom stereocenters. The second-order valence-electron chi connectivity index (χ2n) is 6.96.